The van der Waals surface area contributed by atoms with Crippen LogP contribution in [-0.4, -0.2) is 168 Å². The fourth-order valence-corrected chi connectivity index (χ4v) is 9.09. The molecule has 34 heteroatoms. The number of methoxy groups -OCH3 is 8. The number of aromatic nitrogens is 1. The maximum atomic E-state index is 12.6. The summed E-state index contributed by atoms with van der Waals surface area (Å²) in [6.45, 7) is 9.69. The Morgan fingerprint density at radius 2 is 0.694 bits per heavy atom. The number of nitrogens with zero attached hydrogens (tertiary/aromatic N) is 1. The lowest BCUT2D eigenvalue weighted by Crippen LogP contribution is -2.31. The number of halogens is 9. The lowest BCUT2D eigenvalue weighted by atomic mass is 10.1. The Balaban J connectivity index is 0.00000136. The van der Waals surface area contributed by atoms with E-state index in [0.29, 0.717) is 128 Å². The third-order valence-electron chi connectivity index (χ3n) is 15.5. The number of benzene rings is 6. The highest BCUT2D eigenvalue weighted by atomic mass is 79.9. The van der Waals surface area contributed by atoms with Gasteiger partial charge in [0.25, 0.3) is 0 Å². The molecule has 0 fully saturated rings. The van der Waals surface area contributed by atoms with Crippen molar-refractivity contribution in [3.05, 3.63) is 241 Å². The molecule has 6 aromatic carbocycles. The minimum atomic E-state index is -4.41. The number of rotatable bonds is 39. The summed E-state index contributed by atoms with van der Waals surface area (Å²) in [5, 5.41) is 22.2. The van der Waals surface area contributed by atoms with Gasteiger partial charge in [-0.25, -0.2) is 4.39 Å². The molecular formula is C87H114BrClF7N9O16. The van der Waals surface area contributed by atoms with Gasteiger partial charge in [0.15, 0.2) is 0 Å². The molecule has 7 aromatic rings. The predicted octanol–water partition coefficient (Wildman–Crippen LogP) is 12.8. The fourth-order valence-electron chi connectivity index (χ4n) is 8.70. The van der Waals surface area contributed by atoms with Gasteiger partial charge in [0.2, 0.25) is 47.3 Å². The maximum Gasteiger partial charge on any atom is 0.416 e. The van der Waals surface area contributed by atoms with Gasteiger partial charge in [0.1, 0.15) is 5.82 Å². The molecule has 1 heterocycles. The third kappa shape index (κ3) is 61.7. The van der Waals surface area contributed by atoms with E-state index < -0.39 is 23.5 Å². The fraction of sp³-hybridized carbons (Fsp3) is 0.414. The van der Waals surface area contributed by atoms with E-state index in [2.05, 4.69) is 69.4 Å². The topological polar surface area (TPSA) is 320 Å². The molecule has 0 saturated heterocycles. The summed E-state index contributed by atoms with van der Waals surface area (Å²) in [5.41, 5.74) is 5.45. The van der Waals surface area contributed by atoms with Gasteiger partial charge >= 0.3 is 12.4 Å². The largest absolute Gasteiger partial charge is 0.416 e. The average molecular weight is 1790 g/mol. The Kier molecular flexibility index (Phi) is 63.5. The highest BCUT2D eigenvalue weighted by molar-refractivity contribution is 9.10. The number of pyridine rings is 1. The van der Waals surface area contributed by atoms with Gasteiger partial charge in [0, 0.05) is 163 Å². The standard InChI is InChI=1S/2C12H14F3NO2.C12H17NO2.C11H14BrNO2.C11H14ClNO2.C11H14FNO2.C10H14N2O2.C8H13NO2/c1-18-7-6-11(17)16-8-9-2-4-10(5-3-9)12(13,14)15;1-18-7-6-11(17)16-8-9-4-2-3-5-10(9)12(13,14)15;1-10-3-5-11(6-4-10)9-13-12(14)7-8-15-2;3*1-15-7-6-11(14)13-8-9-2-4-10(12)5-3-9;1-14-7-5-10(13)12-8-9-4-2-3-6-11-9;1-4-7(2)9-8(10)5-6-11-3/h2*2-5H,6-8H2,1H3,(H,16,17);3-6H,7-9H2,1-2H3,(H,13,14);3*2-5H,6-8H2,1H3,(H,13,14);2-4,6H,5,7-8H2,1H3,(H,12,13);1,7H,5-6H2,2-3H3,(H,9,10). The van der Waals surface area contributed by atoms with Crippen LogP contribution in [0.2, 0.25) is 5.02 Å². The number of aryl methyl sites for hydroxylation is 1. The lowest BCUT2D eigenvalue weighted by molar-refractivity contribution is -0.139. The Bertz CT molecular complexity index is 3750. The van der Waals surface area contributed by atoms with E-state index in [4.69, 9.17) is 55.9 Å². The molecule has 25 nitrogen and oxygen atoms in total. The second kappa shape index (κ2) is 69.4. The van der Waals surface area contributed by atoms with Crippen LogP contribution >= 0.6 is 27.5 Å². The number of terminal acetylenes is 1. The molecule has 0 aliphatic heterocycles. The molecule has 0 spiro atoms. The van der Waals surface area contributed by atoms with Gasteiger partial charge in [-0.2, -0.15) is 26.3 Å². The zero-order valence-corrected chi connectivity index (χ0v) is 72.3. The molecule has 0 bridgehead atoms. The average Bonchev–Trinajstić information content (AvgIpc) is 0.841. The summed E-state index contributed by atoms with van der Waals surface area (Å²) in [6.07, 6.45) is 0.701. The van der Waals surface area contributed by atoms with Gasteiger partial charge in [-0.15, -0.1) is 6.42 Å². The normalized spacial score (nSPS) is 10.5. The van der Waals surface area contributed by atoms with Gasteiger partial charge in [-0.05, 0) is 114 Å². The summed E-state index contributed by atoms with van der Waals surface area (Å²) < 4.78 is 127. The van der Waals surface area contributed by atoms with Crippen molar-refractivity contribution in [2.24, 2.45) is 0 Å². The Hall–Kier alpha value is -10.3. The summed E-state index contributed by atoms with van der Waals surface area (Å²) in [7, 11) is 12.4. The van der Waals surface area contributed by atoms with Crippen LogP contribution < -0.4 is 42.5 Å². The van der Waals surface area contributed by atoms with Gasteiger partial charge < -0.3 is 80.4 Å². The first-order valence-electron chi connectivity index (χ1n) is 37.8. The lowest BCUT2D eigenvalue weighted by Gasteiger charge is -2.13. The molecule has 1 atom stereocenters. The molecule has 7 rings (SSSR count). The van der Waals surface area contributed by atoms with Gasteiger partial charge in [0.05, 0.1) is 82.3 Å². The highest BCUT2D eigenvalue weighted by Gasteiger charge is 2.33. The van der Waals surface area contributed by atoms with Crippen molar-refractivity contribution < 1.29 is 107 Å². The molecule has 8 amide bonds. The maximum absolute atomic E-state index is 12.6. The minimum Gasteiger partial charge on any atom is -0.384 e. The molecule has 0 aliphatic rings. The number of hydrogen-bond donors (Lipinski definition) is 8. The van der Waals surface area contributed by atoms with Crippen LogP contribution in [0.15, 0.2) is 174 Å². The van der Waals surface area contributed by atoms with Crippen molar-refractivity contribution in [1.29, 1.82) is 0 Å². The van der Waals surface area contributed by atoms with E-state index in [1.165, 1.54) is 62.2 Å². The van der Waals surface area contributed by atoms with Crippen LogP contribution in [-0.2, 0) is 134 Å². The number of carbonyl (C=O) groups is 8. The molecule has 0 radical (unpaired) electrons. The number of ether oxygens (including phenoxy) is 8. The number of nitrogens with one attached hydrogen (secondary N) is 8. The van der Waals surface area contributed by atoms with Crippen LogP contribution in [0.3, 0.4) is 0 Å². The van der Waals surface area contributed by atoms with Gasteiger partial charge in [-0.3, -0.25) is 43.3 Å². The van der Waals surface area contributed by atoms with Crippen LogP contribution in [0.1, 0.15) is 114 Å². The van der Waals surface area contributed by atoms with Crippen LogP contribution in [0.5, 0.6) is 0 Å². The zero-order chi connectivity index (χ0) is 90.5. The second-order valence-electron chi connectivity index (χ2n) is 25.4. The Morgan fingerprint density at radius 3 is 1.02 bits per heavy atom. The zero-order valence-electron chi connectivity index (χ0n) is 70.0. The second-order valence-corrected chi connectivity index (χ2v) is 26.7. The molecule has 666 valence electrons. The first-order valence-corrected chi connectivity index (χ1v) is 39.0. The molecule has 0 saturated carbocycles. The molecule has 121 heavy (non-hydrogen) atoms. The van der Waals surface area contributed by atoms with Crippen molar-refractivity contribution in [2.45, 2.75) is 129 Å². The first kappa shape index (κ1) is 111. The molecular weight excluding hydrogens is 1680 g/mol. The van der Waals surface area contributed by atoms with Crippen molar-refractivity contribution in [2.75, 3.05) is 110 Å². The van der Waals surface area contributed by atoms with Crippen LogP contribution in [0.25, 0.3) is 0 Å². The van der Waals surface area contributed by atoms with E-state index in [1.54, 1.807) is 80.0 Å². The molecule has 8 N–H and O–H groups in total. The Morgan fingerprint density at radius 1 is 0.397 bits per heavy atom. The Labute approximate surface area is 718 Å². The van der Waals surface area contributed by atoms with Crippen molar-refractivity contribution in [3.8, 4) is 12.3 Å². The highest BCUT2D eigenvalue weighted by Crippen LogP contribution is 2.32. The van der Waals surface area contributed by atoms with E-state index in [1.807, 2.05) is 85.8 Å². The van der Waals surface area contributed by atoms with Gasteiger partial charge in [-0.1, -0.05) is 136 Å². The molecule has 1 unspecified atom stereocenters. The van der Waals surface area contributed by atoms with E-state index in [9.17, 15) is 69.1 Å². The van der Waals surface area contributed by atoms with E-state index in [-0.39, 0.29) is 97.2 Å². The summed E-state index contributed by atoms with van der Waals surface area (Å²) in [5.74, 6) is 1.46. The molecule has 1 aromatic heterocycles. The summed E-state index contributed by atoms with van der Waals surface area (Å²) >= 11 is 9.09. The number of hydrogen-bond acceptors (Lipinski definition) is 17. The predicted molar refractivity (Wildman–Crippen MR) is 452 cm³/mol. The third-order valence-corrected chi connectivity index (χ3v) is 16.3. The minimum absolute atomic E-state index is 0.00759. The number of amides is 8. The van der Waals surface area contributed by atoms with Crippen LogP contribution in [0.4, 0.5) is 30.7 Å². The number of carbonyl (C=O) groups excluding carboxylic acids is 8. The van der Waals surface area contributed by atoms with Crippen LogP contribution in [0, 0.1) is 25.1 Å². The smallest absolute Gasteiger partial charge is 0.384 e. The quantitative estimate of drug-likeness (QED) is 0.0131. The molecule has 0 aliphatic carbocycles. The van der Waals surface area contributed by atoms with E-state index in [0.717, 1.165) is 50.6 Å². The SMILES string of the molecule is C#CC(C)NC(=O)CCOC.COCCC(=O)NCc1ccc(Br)cc1.COCCC(=O)NCc1ccc(C(F)(F)F)cc1.COCCC(=O)NCc1ccc(C)cc1.COCCC(=O)NCc1ccc(Cl)cc1.COCCC(=O)NCc1ccc(F)cc1.COCCC(=O)NCc1ccccc1C(F)(F)F.COCCC(=O)NCc1ccccn1. The first-order chi connectivity index (χ1) is 57.8. The summed E-state index contributed by atoms with van der Waals surface area (Å²) in [4.78, 5) is 93.5. The van der Waals surface area contributed by atoms with Crippen molar-refractivity contribution in [1.82, 2.24) is 47.5 Å². The van der Waals surface area contributed by atoms with Crippen molar-refractivity contribution >= 4 is 74.8 Å². The number of alkyl halides is 6. The summed E-state index contributed by atoms with van der Waals surface area (Å²) in [6, 6.07) is 44.7. The van der Waals surface area contributed by atoms with E-state index >= 15 is 0 Å². The monoisotopic (exact) mass is 1790 g/mol. The van der Waals surface area contributed by atoms with Crippen molar-refractivity contribution in [3.63, 3.8) is 0 Å².